The van der Waals surface area contributed by atoms with Gasteiger partial charge in [0.15, 0.2) is 0 Å². The number of hydrogen-bond donors (Lipinski definition) is 1. The summed E-state index contributed by atoms with van der Waals surface area (Å²) >= 11 is 0. The molecule has 1 aromatic carbocycles. The van der Waals surface area contributed by atoms with E-state index in [0.29, 0.717) is 4.73 Å². The van der Waals surface area contributed by atoms with Crippen LogP contribution in [0.3, 0.4) is 0 Å². The first-order valence-corrected chi connectivity index (χ1v) is 4.33. The first kappa shape index (κ1) is 11.2. The minimum atomic E-state index is -4.83. The van der Waals surface area contributed by atoms with Gasteiger partial charge >= 0.3 is 12.3 Å². The van der Waals surface area contributed by atoms with Crippen LogP contribution in [0, 0.1) is 0 Å². The van der Waals surface area contributed by atoms with Gasteiger partial charge in [-0.2, -0.15) is 4.73 Å². The average molecular weight is 246 g/mol. The molecule has 2 rings (SSSR count). The SMILES string of the molecule is O=C(O)c1ccc2c(c1)ncn2OC(F)(F)F. The fourth-order valence-electron chi connectivity index (χ4n) is 1.31. The van der Waals surface area contributed by atoms with Crippen molar-refractivity contribution in [1.29, 1.82) is 0 Å². The number of halogens is 3. The van der Waals surface area contributed by atoms with Gasteiger partial charge in [-0.25, -0.2) is 9.78 Å². The predicted octanol–water partition coefficient (Wildman–Crippen LogP) is 1.68. The number of imidazole rings is 1. The number of carboxylic acid groups (broad SMARTS) is 1. The highest BCUT2D eigenvalue weighted by atomic mass is 19.4. The number of nitrogens with zero attached hydrogens (tertiary/aromatic N) is 2. The Bertz CT molecular complexity index is 576. The van der Waals surface area contributed by atoms with Crippen LogP contribution in [-0.2, 0) is 0 Å². The van der Waals surface area contributed by atoms with Crippen LogP contribution in [0.2, 0.25) is 0 Å². The molecule has 0 aliphatic heterocycles. The number of aromatic carboxylic acids is 1. The summed E-state index contributed by atoms with van der Waals surface area (Å²) in [6.07, 6.45) is -4.01. The van der Waals surface area contributed by atoms with E-state index in [1.807, 2.05) is 0 Å². The first-order chi connectivity index (χ1) is 7.87. The summed E-state index contributed by atoms with van der Waals surface area (Å²) < 4.78 is 36.4. The lowest BCUT2D eigenvalue weighted by Crippen LogP contribution is -2.26. The van der Waals surface area contributed by atoms with Crippen molar-refractivity contribution in [2.75, 3.05) is 0 Å². The summed E-state index contributed by atoms with van der Waals surface area (Å²) in [5, 5.41) is 8.69. The molecule has 1 aromatic heterocycles. The van der Waals surface area contributed by atoms with Crippen LogP contribution in [0.25, 0.3) is 11.0 Å². The Balaban J connectivity index is 2.45. The van der Waals surface area contributed by atoms with Crippen LogP contribution in [0.5, 0.6) is 0 Å². The predicted molar refractivity (Wildman–Crippen MR) is 49.3 cm³/mol. The minimum absolute atomic E-state index is 0.0346. The zero-order chi connectivity index (χ0) is 12.6. The van der Waals surface area contributed by atoms with Crippen molar-refractivity contribution in [3.8, 4) is 0 Å². The van der Waals surface area contributed by atoms with Gasteiger partial charge in [-0.3, -0.25) is 0 Å². The number of rotatable bonds is 2. The monoisotopic (exact) mass is 246 g/mol. The first-order valence-electron chi connectivity index (χ1n) is 4.33. The zero-order valence-corrected chi connectivity index (χ0v) is 8.10. The van der Waals surface area contributed by atoms with Gasteiger partial charge in [0, 0.05) is 0 Å². The lowest BCUT2D eigenvalue weighted by Gasteiger charge is -2.08. The van der Waals surface area contributed by atoms with E-state index in [4.69, 9.17) is 5.11 Å². The normalized spacial score (nSPS) is 11.7. The molecule has 0 aliphatic rings. The van der Waals surface area contributed by atoms with E-state index in [1.54, 1.807) is 0 Å². The summed E-state index contributed by atoms with van der Waals surface area (Å²) in [6, 6.07) is 3.52. The second-order valence-corrected chi connectivity index (χ2v) is 3.12. The standard InChI is InChI=1S/C9H5F3N2O3/c10-9(11,12)17-14-4-13-6-3-5(8(15)16)1-2-7(6)14/h1-4H,(H,15,16). The molecule has 0 radical (unpaired) electrons. The van der Waals surface area contributed by atoms with E-state index >= 15 is 0 Å². The summed E-state index contributed by atoms with van der Waals surface area (Å²) in [5.41, 5.74) is 0.0798. The maximum Gasteiger partial charge on any atom is 0.591 e. The maximum absolute atomic E-state index is 12.0. The third-order valence-corrected chi connectivity index (χ3v) is 1.96. The molecule has 0 aliphatic carbocycles. The molecule has 0 spiro atoms. The van der Waals surface area contributed by atoms with Crippen molar-refractivity contribution >= 4 is 17.0 Å². The average Bonchev–Trinajstić information content (AvgIpc) is 2.58. The number of benzene rings is 1. The van der Waals surface area contributed by atoms with Crippen LogP contribution >= 0.6 is 0 Å². The molecule has 0 atom stereocenters. The van der Waals surface area contributed by atoms with Gasteiger partial charge in [-0.15, -0.1) is 13.2 Å². The Morgan fingerprint density at radius 1 is 1.41 bits per heavy atom. The molecule has 17 heavy (non-hydrogen) atoms. The molecule has 0 saturated heterocycles. The van der Waals surface area contributed by atoms with E-state index < -0.39 is 12.3 Å². The van der Waals surface area contributed by atoms with Crippen molar-refractivity contribution in [2.45, 2.75) is 6.36 Å². The summed E-state index contributed by atoms with van der Waals surface area (Å²) in [5.74, 6) is -1.18. The topological polar surface area (TPSA) is 64.3 Å². The highest BCUT2D eigenvalue weighted by molar-refractivity contribution is 5.92. The molecule has 1 heterocycles. The molecule has 2 aromatic rings. The molecule has 0 bridgehead atoms. The van der Waals surface area contributed by atoms with Crippen molar-refractivity contribution in [3.05, 3.63) is 30.1 Å². The van der Waals surface area contributed by atoms with Gasteiger partial charge in [0.2, 0.25) is 0 Å². The Kier molecular flexibility index (Phi) is 2.41. The molecule has 0 unspecified atom stereocenters. The zero-order valence-electron chi connectivity index (χ0n) is 8.10. The summed E-state index contributed by atoms with van der Waals surface area (Å²) in [4.78, 5) is 17.9. The van der Waals surface area contributed by atoms with E-state index in [0.717, 1.165) is 12.4 Å². The molecule has 1 N–H and O–H groups in total. The molecule has 90 valence electrons. The number of alkyl halides is 3. The molecule has 0 fully saturated rings. The molecule has 8 heteroatoms. The van der Waals surface area contributed by atoms with E-state index in [-0.39, 0.29) is 16.6 Å². The van der Waals surface area contributed by atoms with Gasteiger partial charge in [0.1, 0.15) is 11.8 Å². The summed E-state index contributed by atoms with van der Waals surface area (Å²) in [6.45, 7) is 0. The Morgan fingerprint density at radius 2 is 2.12 bits per heavy atom. The van der Waals surface area contributed by atoms with Crippen molar-refractivity contribution in [3.63, 3.8) is 0 Å². The second-order valence-electron chi connectivity index (χ2n) is 3.12. The van der Waals surface area contributed by atoms with Crippen molar-refractivity contribution < 1.29 is 27.9 Å². The number of hydrogen-bond acceptors (Lipinski definition) is 3. The summed E-state index contributed by atoms with van der Waals surface area (Å²) in [7, 11) is 0. The smallest absolute Gasteiger partial charge is 0.478 e. The molecule has 5 nitrogen and oxygen atoms in total. The van der Waals surface area contributed by atoms with E-state index in [1.165, 1.54) is 12.1 Å². The molecule has 0 amide bonds. The van der Waals surface area contributed by atoms with Crippen LogP contribution in [0.15, 0.2) is 24.5 Å². The largest absolute Gasteiger partial charge is 0.591 e. The van der Waals surface area contributed by atoms with Crippen LogP contribution in [0.4, 0.5) is 13.2 Å². The maximum atomic E-state index is 12.0. The number of fused-ring (bicyclic) bond motifs is 1. The third kappa shape index (κ3) is 2.30. The number of aromatic nitrogens is 2. The number of carbonyl (C=O) groups is 1. The van der Waals surface area contributed by atoms with Crippen molar-refractivity contribution in [1.82, 2.24) is 9.71 Å². The van der Waals surface area contributed by atoms with Crippen LogP contribution in [0.1, 0.15) is 10.4 Å². The highest BCUT2D eigenvalue weighted by Gasteiger charge is 2.32. The van der Waals surface area contributed by atoms with Crippen LogP contribution < -0.4 is 4.84 Å². The third-order valence-electron chi connectivity index (χ3n) is 1.96. The quantitative estimate of drug-likeness (QED) is 0.875. The fraction of sp³-hybridized carbons (Fsp3) is 0.111. The lowest BCUT2D eigenvalue weighted by atomic mass is 10.2. The minimum Gasteiger partial charge on any atom is -0.478 e. The van der Waals surface area contributed by atoms with Gasteiger partial charge in [0.25, 0.3) is 0 Å². The van der Waals surface area contributed by atoms with Crippen molar-refractivity contribution in [2.24, 2.45) is 0 Å². The lowest BCUT2D eigenvalue weighted by molar-refractivity contribution is -0.321. The Labute approximate surface area is 92.0 Å². The van der Waals surface area contributed by atoms with Gasteiger partial charge < -0.3 is 9.94 Å². The van der Waals surface area contributed by atoms with Crippen LogP contribution in [-0.4, -0.2) is 27.2 Å². The van der Waals surface area contributed by atoms with Gasteiger partial charge in [-0.05, 0) is 18.2 Å². The Morgan fingerprint density at radius 3 is 2.71 bits per heavy atom. The number of carboxylic acids is 1. The van der Waals surface area contributed by atoms with Gasteiger partial charge in [0.05, 0.1) is 11.1 Å². The highest BCUT2D eigenvalue weighted by Crippen LogP contribution is 2.18. The molecular weight excluding hydrogens is 241 g/mol. The van der Waals surface area contributed by atoms with E-state index in [2.05, 4.69) is 9.82 Å². The fourth-order valence-corrected chi connectivity index (χ4v) is 1.31. The molecule has 0 saturated carbocycles. The second kappa shape index (κ2) is 3.65. The van der Waals surface area contributed by atoms with E-state index in [9.17, 15) is 18.0 Å². The van der Waals surface area contributed by atoms with Gasteiger partial charge in [-0.1, -0.05) is 0 Å². The molecular formula is C9H5F3N2O3. The Hall–Kier alpha value is -2.25.